The summed E-state index contributed by atoms with van der Waals surface area (Å²) in [4.78, 5) is 13.7. The number of esters is 1. The molecule has 0 amide bonds. The van der Waals surface area contributed by atoms with Crippen molar-refractivity contribution in [2.24, 2.45) is 0 Å². The largest absolute Gasteiger partial charge is 0.465 e. The molecule has 0 saturated carbocycles. The van der Waals surface area contributed by atoms with Crippen molar-refractivity contribution in [3.63, 3.8) is 0 Å². The minimum absolute atomic E-state index is 0.0829. The summed E-state index contributed by atoms with van der Waals surface area (Å²) in [5.41, 5.74) is 0. The van der Waals surface area contributed by atoms with Gasteiger partial charge in [0.2, 0.25) is 0 Å². The average Bonchev–Trinajstić information content (AvgIpc) is 2.42. The van der Waals surface area contributed by atoms with Gasteiger partial charge in [0.05, 0.1) is 13.2 Å². The first-order valence-electron chi connectivity index (χ1n) is 8.62. The van der Waals surface area contributed by atoms with Crippen molar-refractivity contribution in [2.45, 2.75) is 78.6 Å². The molecular weight excluding hydrogens is 250 g/mol. The normalized spacial score (nSPS) is 11.0. The Labute approximate surface area is 126 Å². The Bertz CT molecular complexity index is 219. The van der Waals surface area contributed by atoms with E-state index >= 15 is 0 Å². The van der Waals surface area contributed by atoms with Gasteiger partial charge in [-0.3, -0.25) is 9.69 Å². The van der Waals surface area contributed by atoms with Crippen molar-refractivity contribution in [1.29, 1.82) is 0 Å². The third kappa shape index (κ3) is 12.5. The molecule has 0 fully saturated rings. The van der Waals surface area contributed by atoms with Gasteiger partial charge in [0.25, 0.3) is 0 Å². The number of unbranched alkanes of at least 4 members (excludes halogenated alkanes) is 7. The molecule has 0 aliphatic rings. The maximum absolute atomic E-state index is 11.5. The van der Waals surface area contributed by atoms with E-state index < -0.39 is 0 Å². The van der Waals surface area contributed by atoms with E-state index in [9.17, 15) is 4.79 Å². The number of carbonyl (C=O) groups excluding carboxylic acids is 1. The number of hydrogen-bond acceptors (Lipinski definition) is 3. The van der Waals surface area contributed by atoms with Gasteiger partial charge in [0, 0.05) is 0 Å². The fourth-order valence-corrected chi connectivity index (χ4v) is 2.44. The zero-order chi connectivity index (χ0) is 15.1. The van der Waals surface area contributed by atoms with Crippen LogP contribution in [0.3, 0.4) is 0 Å². The lowest BCUT2D eigenvalue weighted by Gasteiger charge is -2.20. The van der Waals surface area contributed by atoms with Gasteiger partial charge in [0.1, 0.15) is 0 Å². The molecule has 0 radical (unpaired) electrons. The van der Waals surface area contributed by atoms with Crippen molar-refractivity contribution >= 4 is 5.97 Å². The van der Waals surface area contributed by atoms with Crippen molar-refractivity contribution in [3.8, 4) is 0 Å². The van der Waals surface area contributed by atoms with Crippen molar-refractivity contribution < 1.29 is 9.53 Å². The van der Waals surface area contributed by atoms with Crippen LogP contribution in [0, 0.1) is 0 Å². The molecule has 0 heterocycles. The Morgan fingerprint density at radius 3 is 1.95 bits per heavy atom. The smallest absolute Gasteiger partial charge is 0.320 e. The first-order chi connectivity index (χ1) is 9.74. The van der Waals surface area contributed by atoms with Crippen molar-refractivity contribution in [3.05, 3.63) is 0 Å². The Kier molecular flexibility index (Phi) is 14.4. The van der Waals surface area contributed by atoms with Gasteiger partial charge in [-0.05, 0) is 32.9 Å². The molecule has 0 aliphatic carbocycles. The summed E-state index contributed by atoms with van der Waals surface area (Å²) < 4.78 is 5.02. The van der Waals surface area contributed by atoms with Gasteiger partial charge >= 0.3 is 5.97 Å². The Morgan fingerprint density at radius 2 is 1.40 bits per heavy atom. The highest BCUT2D eigenvalue weighted by Crippen LogP contribution is 2.09. The molecule has 120 valence electrons. The third-order valence-corrected chi connectivity index (χ3v) is 3.53. The van der Waals surface area contributed by atoms with Gasteiger partial charge in [-0.15, -0.1) is 0 Å². The summed E-state index contributed by atoms with van der Waals surface area (Å²) in [7, 11) is 0. The maximum Gasteiger partial charge on any atom is 0.320 e. The van der Waals surface area contributed by atoms with E-state index in [-0.39, 0.29) is 5.97 Å². The zero-order valence-corrected chi connectivity index (χ0v) is 14.0. The number of ether oxygens (including phenoxy) is 1. The highest BCUT2D eigenvalue weighted by molar-refractivity contribution is 5.71. The molecule has 0 N–H and O–H groups in total. The average molecular weight is 285 g/mol. The zero-order valence-electron chi connectivity index (χ0n) is 14.0. The molecule has 0 saturated heterocycles. The van der Waals surface area contributed by atoms with E-state index in [1.807, 2.05) is 6.92 Å². The summed E-state index contributed by atoms with van der Waals surface area (Å²) >= 11 is 0. The van der Waals surface area contributed by atoms with Crippen LogP contribution in [0.15, 0.2) is 0 Å². The SMILES string of the molecule is CCCCCCCCCCN(CCC)CC(=O)OCC. The summed E-state index contributed by atoms with van der Waals surface area (Å²) in [6.45, 7) is 9.24. The van der Waals surface area contributed by atoms with E-state index in [1.165, 1.54) is 51.4 Å². The van der Waals surface area contributed by atoms with Gasteiger partial charge < -0.3 is 4.74 Å². The minimum atomic E-state index is -0.0829. The Balaban J connectivity index is 3.57. The summed E-state index contributed by atoms with van der Waals surface area (Å²) in [6, 6.07) is 0. The highest BCUT2D eigenvalue weighted by atomic mass is 16.5. The van der Waals surface area contributed by atoms with Crippen LogP contribution >= 0.6 is 0 Å². The predicted octanol–water partition coefficient (Wildman–Crippen LogP) is 4.40. The molecule has 0 rings (SSSR count). The van der Waals surface area contributed by atoms with E-state index in [1.54, 1.807) is 0 Å². The van der Waals surface area contributed by atoms with Crippen LogP contribution in [0.25, 0.3) is 0 Å². The molecule has 0 aliphatic heterocycles. The van der Waals surface area contributed by atoms with E-state index in [0.29, 0.717) is 13.2 Å². The van der Waals surface area contributed by atoms with E-state index in [0.717, 1.165) is 19.5 Å². The first-order valence-corrected chi connectivity index (χ1v) is 8.62. The fourth-order valence-electron chi connectivity index (χ4n) is 2.44. The van der Waals surface area contributed by atoms with Crippen LogP contribution in [0.1, 0.15) is 78.6 Å². The number of carbonyl (C=O) groups is 1. The second-order valence-corrected chi connectivity index (χ2v) is 5.56. The van der Waals surface area contributed by atoms with Gasteiger partial charge in [0.15, 0.2) is 0 Å². The molecule has 0 unspecified atom stereocenters. The Hall–Kier alpha value is -0.570. The van der Waals surface area contributed by atoms with Crippen LogP contribution in [-0.4, -0.2) is 37.1 Å². The predicted molar refractivity (Wildman–Crippen MR) is 86.0 cm³/mol. The quantitative estimate of drug-likeness (QED) is 0.350. The first kappa shape index (κ1) is 19.4. The lowest BCUT2D eigenvalue weighted by Crippen LogP contribution is -2.32. The van der Waals surface area contributed by atoms with Crippen molar-refractivity contribution in [1.82, 2.24) is 4.90 Å². The standard InChI is InChI=1S/C17H35NO2/c1-4-7-8-9-10-11-12-13-15-18(14-5-2)16-17(19)20-6-3/h4-16H2,1-3H3. The monoisotopic (exact) mass is 285 g/mol. The second kappa shape index (κ2) is 14.8. The van der Waals surface area contributed by atoms with Crippen LogP contribution in [0.5, 0.6) is 0 Å². The number of hydrogen-bond donors (Lipinski definition) is 0. The fraction of sp³-hybridized carbons (Fsp3) is 0.941. The molecule has 0 aromatic rings. The highest BCUT2D eigenvalue weighted by Gasteiger charge is 2.09. The van der Waals surface area contributed by atoms with Crippen molar-refractivity contribution in [2.75, 3.05) is 26.2 Å². The summed E-state index contributed by atoms with van der Waals surface area (Å²) in [5, 5.41) is 0. The molecule has 0 aromatic carbocycles. The molecule has 0 bridgehead atoms. The van der Waals surface area contributed by atoms with Crippen LogP contribution in [0.2, 0.25) is 0 Å². The molecule has 0 aromatic heterocycles. The summed E-state index contributed by atoms with van der Waals surface area (Å²) in [6.07, 6.45) is 11.8. The molecule has 0 atom stereocenters. The van der Waals surface area contributed by atoms with Gasteiger partial charge in [-0.25, -0.2) is 0 Å². The van der Waals surface area contributed by atoms with Crippen LogP contribution in [-0.2, 0) is 9.53 Å². The number of nitrogens with zero attached hydrogens (tertiary/aromatic N) is 1. The molecule has 0 spiro atoms. The second-order valence-electron chi connectivity index (χ2n) is 5.56. The third-order valence-electron chi connectivity index (χ3n) is 3.53. The van der Waals surface area contributed by atoms with Crippen LogP contribution < -0.4 is 0 Å². The lowest BCUT2D eigenvalue weighted by atomic mass is 10.1. The molecular formula is C17H35NO2. The summed E-state index contributed by atoms with van der Waals surface area (Å²) in [5.74, 6) is -0.0829. The molecule has 20 heavy (non-hydrogen) atoms. The lowest BCUT2D eigenvalue weighted by molar-refractivity contribution is -0.144. The Morgan fingerprint density at radius 1 is 0.800 bits per heavy atom. The van der Waals surface area contributed by atoms with Crippen LogP contribution in [0.4, 0.5) is 0 Å². The van der Waals surface area contributed by atoms with E-state index in [2.05, 4.69) is 18.7 Å². The van der Waals surface area contributed by atoms with Gasteiger partial charge in [-0.2, -0.15) is 0 Å². The molecule has 3 heteroatoms. The minimum Gasteiger partial charge on any atom is -0.465 e. The topological polar surface area (TPSA) is 29.5 Å². The van der Waals surface area contributed by atoms with E-state index in [4.69, 9.17) is 4.74 Å². The number of rotatable bonds is 14. The maximum atomic E-state index is 11.5. The molecule has 3 nitrogen and oxygen atoms in total. The van der Waals surface area contributed by atoms with Gasteiger partial charge in [-0.1, -0.05) is 58.8 Å².